The number of likely N-dealkylation sites (tertiary alicyclic amines) is 1. The number of halogens is 1. The summed E-state index contributed by atoms with van der Waals surface area (Å²) in [5, 5.41) is 7.36. The van der Waals surface area contributed by atoms with Gasteiger partial charge in [0.2, 0.25) is 6.41 Å². The lowest BCUT2D eigenvalue weighted by Gasteiger charge is -2.33. The molecule has 0 spiro atoms. The monoisotopic (exact) mass is 459 g/mol. The summed E-state index contributed by atoms with van der Waals surface area (Å²) in [5.74, 6) is 1.06. The van der Waals surface area contributed by atoms with Crippen molar-refractivity contribution in [3.05, 3.63) is 54.7 Å². The number of aromatic nitrogens is 5. The van der Waals surface area contributed by atoms with Crippen LogP contribution in [0, 0.1) is 11.7 Å². The van der Waals surface area contributed by atoms with E-state index in [0.717, 1.165) is 54.5 Å². The minimum absolute atomic E-state index is 0.277. The highest BCUT2D eigenvalue weighted by Crippen LogP contribution is 2.36. The number of hydrogen-bond donors (Lipinski definition) is 1. The van der Waals surface area contributed by atoms with Crippen LogP contribution < -0.4 is 5.32 Å². The Balaban J connectivity index is 1.38. The number of nitrogens with zero attached hydrogens (tertiary/aromatic N) is 6. The highest BCUT2D eigenvalue weighted by molar-refractivity contribution is 5.77. The number of anilines is 1. The molecule has 1 saturated heterocycles. The summed E-state index contributed by atoms with van der Waals surface area (Å²) in [6.07, 6.45) is 9.04. The number of hydrogen-bond acceptors (Lipinski definition) is 5. The molecule has 9 heteroatoms. The molecule has 0 atom stereocenters. The van der Waals surface area contributed by atoms with Gasteiger partial charge in [0.25, 0.3) is 0 Å². The molecule has 4 heterocycles. The zero-order valence-electron chi connectivity index (χ0n) is 18.8. The largest absolute Gasteiger partial charge is 0.326 e. The standard InChI is InChI=1S/C25H26FN7O/c26-19-5-3-18(4-6-19)24-25(21-7-8-23-29-22(28-16-34)14-33(23)30-21)32(15-27-24)20-9-11-31(12-10-20)13-17-1-2-17/h3-8,14-17,20H,1-2,9-13H2,(H,28,34). The van der Waals surface area contributed by atoms with Crippen molar-refractivity contribution in [2.24, 2.45) is 5.92 Å². The summed E-state index contributed by atoms with van der Waals surface area (Å²) >= 11 is 0. The second kappa shape index (κ2) is 8.64. The van der Waals surface area contributed by atoms with Gasteiger partial charge in [-0.3, -0.25) is 4.79 Å². The fraction of sp³-hybridized carbons (Fsp3) is 0.360. The first-order valence-corrected chi connectivity index (χ1v) is 11.8. The maximum absolute atomic E-state index is 13.6. The van der Waals surface area contributed by atoms with Crippen molar-refractivity contribution in [1.82, 2.24) is 29.0 Å². The van der Waals surface area contributed by atoms with Crippen molar-refractivity contribution >= 4 is 17.9 Å². The third-order valence-electron chi connectivity index (χ3n) is 6.84. The third kappa shape index (κ3) is 4.07. The molecule has 2 aliphatic rings. The zero-order valence-corrected chi connectivity index (χ0v) is 18.8. The minimum Gasteiger partial charge on any atom is -0.326 e. The fourth-order valence-electron chi connectivity index (χ4n) is 4.89. The smallest absolute Gasteiger partial charge is 0.212 e. The van der Waals surface area contributed by atoms with Gasteiger partial charge in [-0.05, 0) is 68.0 Å². The number of imidazole rings is 2. The Morgan fingerprint density at radius 3 is 2.59 bits per heavy atom. The molecule has 0 unspecified atom stereocenters. The SMILES string of the molecule is O=CNc1cn2nc(-c3c(-c4ccc(F)cc4)ncn3C3CCN(CC4CC4)CC3)ccc2n1. The molecule has 1 N–H and O–H groups in total. The predicted molar refractivity (Wildman–Crippen MR) is 127 cm³/mol. The number of rotatable bonds is 7. The van der Waals surface area contributed by atoms with Crippen LogP contribution in [-0.4, -0.2) is 55.1 Å². The zero-order chi connectivity index (χ0) is 23.1. The molecule has 1 aromatic carbocycles. The molecule has 2 fully saturated rings. The average molecular weight is 460 g/mol. The third-order valence-corrected chi connectivity index (χ3v) is 6.84. The molecule has 174 valence electrons. The number of fused-ring (bicyclic) bond motifs is 1. The van der Waals surface area contributed by atoms with E-state index in [4.69, 9.17) is 10.1 Å². The van der Waals surface area contributed by atoms with E-state index in [-0.39, 0.29) is 5.82 Å². The van der Waals surface area contributed by atoms with Gasteiger partial charge in [-0.15, -0.1) is 0 Å². The van der Waals surface area contributed by atoms with Crippen molar-refractivity contribution in [1.29, 1.82) is 0 Å². The predicted octanol–water partition coefficient (Wildman–Crippen LogP) is 4.01. The van der Waals surface area contributed by atoms with E-state index in [2.05, 4.69) is 19.8 Å². The first kappa shape index (κ1) is 21.0. The molecule has 1 aliphatic heterocycles. The molecule has 0 bridgehead atoms. The molecule has 8 nitrogen and oxygen atoms in total. The maximum Gasteiger partial charge on any atom is 0.212 e. The van der Waals surface area contributed by atoms with Gasteiger partial charge in [-0.25, -0.2) is 18.9 Å². The number of benzene rings is 1. The first-order chi connectivity index (χ1) is 16.7. The Labute approximate surface area is 196 Å². The summed E-state index contributed by atoms with van der Waals surface area (Å²) < 4.78 is 17.5. The maximum atomic E-state index is 13.6. The first-order valence-electron chi connectivity index (χ1n) is 11.8. The minimum atomic E-state index is -0.277. The number of amides is 1. The molecule has 1 saturated carbocycles. The molecule has 0 radical (unpaired) electrons. The Hall–Kier alpha value is -3.59. The van der Waals surface area contributed by atoms with Gasteiger partial charge < -0.3 is 14.8 Å². The summed E-state index contributed by atoms with van der Waals surface area (Å²) in [6.45, 7) is 3.39. The second-order valence-corrected chi connectivity index (χ2v) is 9.24. The Morgan fingerprint density at radius 1 is 1.06 bits per heavy atom. The van der Waals surface area contributed by atoms with Gasteiger partial charge in [-0.1, -0.05) is 0 Å². The van der Waals surface area contributed by atoms with E-state index in [1.165, 1.54) is 31.5 Å². The molecular formula is C25H26FN7O. The van der Waals surface area contributed by atoms with E-state index in [1.54, 1.807) is 22.8 Å². The van der Waals surface area contributed by atoms with Crippen LogP contribution in [0.4, 0.5) is 10.2 Å². The summed E-state index contributed by atoms with van der Waals surface area (Å²) in [7, 11) is 0. The van der Waals surface area contributed by atoms with Gasteiger partial charge in [0.05, 0.1) is 23.9 Å². The lowest BCUT2D eigenvalue weighted by Crippen LogP contribution is -2.36. The van der Waals surface area contributed by atoms with Gasteiger partial charge in [0.1, 0.15) is 11.5 Å². The number of carbonyl (C=O) groups is 1. The van der Waals surface area contributed by atoms with Crippen molar-refractivity contribution in [2.75, 3.05) is 25.0 Å². The van der Waals surface area contributed by atoms with Gasteiger partial charge in [0, 0.05) is 31.2 Å². The highest BCUT2D eigenvalue weighted by Gasteiger charge is 2.29. The van der Waals surface area contributed by atoms with E-state index in [0.29, 0.717) is 23.9 Å². The molecule has 1 aliphatic carbocycles. The van der Waals surface area contributed by atoms with Crippen molar-refractivity contribution in [3.63, 3.8) is 0 Å². The van der Waals surface area contributed by atoms with Crippen LogP contribution in [-0.2, 0) is 4.79 Å². The molecule has 34 heavy (non-hydrogen) atoms. The van der Waals surface area contributed by atoms with Crippen LogP contribution in [0.1, 0.15) is 31.7 Å². The van der Waals surface area contributed by atoms with E-state index < -0.39 is 0 Å². The van der Waals surface area contributed by atoms with Crippen molar-refractivity contribution in [3.8, 4) is 22.6 Å². The van der Waals surface area contributed by atoms with Crippen LogP contribution in [0.2, 0.25) is 0 Å². The topological polar surface area (TPSA) is 80.3 Å². The van der Waals surface area contributed by atoms with Crippen molar-refractivity contribution < 1.29 is 9.18 Å². The van der Waals surface area contributed by atoms with Gasteiger partial charge in [-0.2, -0.15) is 5.10 Å². The number of piperidine rings is 1. The van der Waals surface area contributed by atoms with E-state index in [9.17, 15) is 9.18 Å². The Bertz CT molecular complexity index is 1320. The van der Waals surface area contributed by atoms with E-state index in [1.807, 2.05) is 18.5 Å². The molecule has 4 aromatic rings. The summed E-state index contributed by atoms with van der Waals surface area (Å²) in [5.41, 5.74) is 3.92. The Kier molecular flexibility index (Phi) is 5.33. The second-order valence-electron chi connectivity index (χ2n) is 9.24. The summed E-state index contributed by atoms with van der Waals surface area (Å²) in [4.78, 5) is 22.5. The highest BCUT2D eigenvalue weighted by atomic mass is 19.1. The van der Waals surface area contributed by atoms with Crippen LogP contribution in [0.5, 0.6) is 0 Å². The number of nitrogens with one attached hydrogen (secondary N) is 1. The van der Waals surface area contributed by atoms with Crippen LogP contribution in [0.15, 0.2) is 48.9 Å². The number of carbonyl (C=O) groups excluding carboxylic acids is 1. The normalized spacial score (nSPS) is 17.3. The van der Waals surface area contributed by atoms with Crippen molar-refractivity contribution in [2.45, 2.75) is 31.7 Å². The Morgan fingerprint density at radius 2 is 1.85 bits per heavy atom. The lowest BCUT2D eigenvalue weighted by atomic mass is 10.0. The van der Waals surface area contributed by atoms with Crippen LogP contribution in [0.25, 0.3) is 28.3 Å². The van der Waals surface area contributed by atoms with Gasteiger partial charge >= 0.3 is 0 Å². The molecule has 1 amide bonds. The van der Waals surface area contributed by atoms with Gasteiger partial charge in [0.15, 0.2) is 11.5 Å². The van der Waals surface area contributed by atoms with Crippen LogP contribution >= 0.6 is 0 Å². The molecular weight excluding hydrogens is 433 g/mol. The fourth-order valence-corrected chi connectivity index (χ4v) is 4.89. The molecule has 6 rings (SSSR count). The quantitative estimate of drug-likeness (QED) is 0.423. The van der Waals surface area contributed by atoms with E-state index >= 15 is 0 Å². The average Bonchev–Trinajstić information content (AvgIpc) is 3.40. The summed E-state index contributed by atoms with van der Waals surface area (Å²) in [6, 6.07) is 10.5. The lowest BCUT2D eigenvalue weighted by molar-refractivity contribution is -0.105. The molecule has 3 aromatic heterocycles. The van der Waals surface area contributed by atoms with Crippen LogP contribution in [0.3, 0.4) is 0 Å².